The molecule has 4 aromatic rings. The number of rotatable bonds is 2. The zero-order valence-corrected chi connectivity index (χ0v) is 18.5. The summed E-state index contributed by atoms with van der Waals surface area (Å²) in [4.78, 5) is 0. The molecule has 32 heavy (non-hydrogen) atoms. The summed E-state index contributed by atoms with van der Waals surface area (Å²) in [5, 5.41) is 5.75. The van der Waals surface area contributed by atoms with Crippen molar-refractivity contribution >= 4 is 33.7 Å². The molecule has 3 aliphatic carbocycles. The van der Waals surface area contributed by atoms with Gasteiger partial charge in [0, 0.05) is 5.41 Å². The molecule has 0 aliphatic heterocycles. The molecule has 156 valence electrons. The highest BCUT2D eigenvalue weighted by molar-refractivity contribution is 5.99. The van der Waals surface area contributed by atoms with Crippen molar-refractivity contribution < 1.29 is 0 Å². The molecule has 0 unspecified atom stereocenters. The van der Waals surface area contributed by atoms with Crippen molar-refractivity contribution in [3.8, 4) is 0 Å². The van der Waals surface area contributed by atoms with E-state index in [1.54, 1.807) is 11.1 Å². The standard InChI is InChI=1S/C32H28/c1-2-20-32(21-3-1,28-18-16-24-10-4-8-22-12-6-14-26(28)30(22)24)29-19-17-25-11-5-9-23-13-7-15-27(29)31(23)25/h4-11,14-19H,1-3,12-13,20-21H2. The lowest BCUT2D eigenvalue weighted by Crippen LogP contribution is -2.32. The van der Waals surface area contributed by atoms with Crippen LogP contribution in [0.4, 0.5) is 0 Å². The fourth-order valence-electron chi connectivity index (χ4n) is 6.94. The quantitative estimate of drug-likeness (QED) is 0.310. The van der Waals surface area contributed by atoms with Crippen LogP contribution in [0.3, 0.4) is 0 Å². The van der Waals surface area contributed by atoms with E-state index in [1.165, 1.54) is 75.9 Å². The van der Waals surface area contributed by atoms with Crippen LogP contribution in [-0.2, 0) is 18.3 Å². The SMILES string of the molecule is C1=Cc2c(C3(c4ccc5cccc6c5c4C=CC6)CCCCC3)ccc3cccc(c23)C1. The third-order valence-electron chi connectivity index (χ3n) is 8.33. The highest BCUT2D eigenvalue weighted by Gasteiger charge is 2.39. The van der Waals surface area contributed by atoms with E-state index < -0.39 is 0 Å². The number of allylic oxidation sites excluding steroid dienone is 2. The molecule has 1 saturated carbocycles. The van der Waals surface area contributed by atoms with Gasteiger partial charge in [-0.2, -0.15) is 0 Å². The fraction of sp³-hybridized carbons (Fsp3) is 0.250. The van der Waals surface area contributed by atoms with Crippen LogP contribution in [0.15, 0.2) is 72.8 Å². The third-order valence-corrected chi connectivity index (χ3v) is 8.33. The van der Waals surface area contributed by atoms with Gasteiger partial charge < -0.3 is 0 Å². The molecule has 0 nitrogen and oxygen atoms in total. The van der Waals surface area contributed by atoms with Gasteiger partial charge in [-0.05, 0) is 80.6 Å². The second-order valence-electron chi connectivity index (χ2n) is 9.94. The Hall–Kier alpha value is -3.12. The molecule has 0 radical (unpaired) electrons. The molecule has 0 N–H and O–H groups in total. The minimum atomic E-state index is 0.0921. The highest BCUT2D eigenvalue weighted by Crippen LogP contribution is 2.51. The second-order valence-corrected chi connectivity index (χ2v) is 9.94. The number of hydrogen-bond acceptors (Lipinski definition) is 0. The van der Waals surface area contributed by atoms with Crippen LogP contribution in [0.2, 0.25) is 0 Å². The highest BCUT2D eigenvalue weighted by atomic mass is 14.4. The van der Waals surface area contributed by atoms with Crippen molar-refractivity contribution in [2.45, 2.75) is 50.4 Å². The van der Waals surface area contributed by atoms with Gasteiger partial charge in [0.2, 0.25) is 0 Å². The van der Waals surface area contributed by atoms with E-state index in [-0.39, 0.29) is 5.41 Å². The molecule has 0 atom stereocenters. The van der Waals surface area contributed by atoms with Crippen molar-refractivity contribution in [3.05, 3.63) is 106 Å². The summed E-state index contributed by atoms with van der Waals surface area (Å²) in [5.74, 6) is 0. The molecule has 0 amide bonds. The number of hydrogen-bond donors (Lipinski definition) is 0. The van der Waals surface area contributed by atoms with E-state index in [0.717, 1.165) is 12.8 Å². The van der Waals surface area contributed by atoms with Gasteiger partial charge in [-0.3, -0.25) is 0 Å². The maximum Gasteiger partial charge on any atom is 0.0215 e. The maximum atomic E-state index is 2.47. The lowest BCUT2D eigenvalue weighted by atomic mass is 9.62. The Kier molecular flexibility index (Phi) is 4.00. The summed E-state index contributed by atoms with van der Waals surface area (Å²) in [6.45, 7) is 0. The van der Waals surface area contributed by atoms with Crippen LogP contribution in [0.5, 0.6) is 0 Å². The Balaban J connectivity index is 1.57. The first-order chi connectivity index (χ1) is 15.9. The molecule has 0 spiro atoms. The summed E-state index contributed by atoms with van der Waals surface area (Å²) in [6, 6.07) is 23.4. The van der Waals surface area contributed by atoms with E-state index in [2.05, 4.69) is 85.0 Å². The van der Waals surface area contributed by atoms with Gasteiger partial charge in [-0.25, -0.2) is 0 Å². The van der Waals surface area contributed by atoms with Gasteiger partial charge in [0.25, 0.3) is 0 Å². The average Bonchev–Trinajstić information content (AvgIpc) is 2.86. The van der Waals surface area contributed by atoms with Crippen molar-refractivity contribution in [1.29, 1.82) is 0 Å². The summed E-state index contributed by atoms with van der Waals surface area (Å²) in [7, 11) is 0. The smallest absolute Gasteiger partial charge is 0.0215 e. The summed E-state index contributed by atoms with van der Waals surface area (Å²) >= 11 is 0. The molecule has 0 aromatic heterocycles. The normalized spacial score (nSPS) is 18.4. The molecule has 7 rings (SSSR count). The van der Waals surface area contributed by atoms with Crippen LogP contribution < -0.4 is 0 Å². The number of benzene rings is 4. The molecule has 0 heterocycles. The Morgan fingerprint density at radius 1 is 0.531 bits per heavy atom. The monoisotopic (exact) mass is 412 g/mol. The molecule has 4 aromatic carbocycles. The minimum Gasteiger partial charge on any atom is -0.0795 e. The minimum absolute atomic E-state index is 0.0921. The summed E-state index contributed by atoms with van der Waals surface area (Å²) in [6.07, 6.45) is 18.2. The van der Waals surface area contributed by atoms with Gasteiger partial charge in [-0.1, -0.05) is 104 Å². The van der Waals surface area contributed by atoms with E-state index >= 15 is 0 Å². The van der Waals surface area contributed by atoms with E-state index in [1.807, 2.05) is 0 Å². The van der Waals surface area contributed by atoms with E-state index in [0.29, 0.717) is 0 Å². The van der Waals surface area contributed by atoms with Gasteiger partial charge in [-0.15, -0.1) is 0 Å². The van der Waals surface area contributed by atoms with E-state index in [4.69, 9.17) is 0 Å². The maximum absolute atomic E-state index is 2.47. The van der Waals surface area contributed by atoms with Crippen LogP contribution >= 0.6 is 0 Å². The van der Waals surface area contributed by atoms with Gasteiger partial charge in [0.1, 0.15) is 0 Å². The van der Waals surface area contributed by atoms with Crippen LogP contribution in [0, 0.1) is 0 Å². The third kappa shape index (κ3) is 2.50. The van der Waals surface area contributed by atoms with Gasteiger partial charge in [0.05, 0.1) is 0 Å². The molecule has 0 saturated heterocycles. The topological polar surface area (TPSA) is 0 Å². The van der Waals surface area contributed by atoms with E-state index in [9.17, 15) is 0 Å². The molecular formula is C32H28. The van der Waals surface area contributed by atoms with Crippen LogP contribution in [0.1, 0.15) is 65.5 Å². The Morgan fingerprint density at radius 2 is 1.06 bits per heavy atom. The summed E-state index contributed by atoms with van der Waals surface area (Å²) in [5.41, 5.74) is 9.12. The Labute approximate surface area is 190 Å². The van der Waals surface area contributed by atoms with Crippen molar-refractivity contribution in [3.63, 3.8) is 0 Å². The van der Waals surface area contributed by atoms with Crippen molar-refractivity contribution in [2.24, 2.45) is 0 Å². The second kappa shape index (κ2) is 6.94. The zero-order chi connectivity index (χ0) is 21.1. The lowest BCUT2D eigenvalue weighted by Gasteiger charge is -2.42. The predicted octanol–water partition coefficient (Wildman–Crippen LogP) is 8.38. The van der Waals surface area contributed by atoms with Crippen LogP contribution in [0.25, 0.3) is 33.7 Å². The molecule has 0 heteroatoms. The fourth-order valence-corrected chi connectivity index (χ4v) is 6.94. The van der Waals surface area contributed by atoms with Crippen LogP contribution in [-0.4, -0.2) is 0 Å². The molecule has 1 fully saturated rings. The molecule has 0 bridgehead atoms. The first-order valence-corrected chi connectivity index (χ1v) is 12.3. The lowest BCUT2D eigenvalue weighted by molar-refractivity contribution is 0.345. The van der Waals surface area contributed by atoms with Crippen molar-refractivity contribution in [1.82, 2.24) is 0 Å². The zero-order valence-electron chi connectivity index (χ0n) is 18.5. The van der Waals surface area contributed by atoms with Gasteiger partial charge >= 0.3 is 0 Å². The first-order valence-electron chi connectivity index (χ1n) is 12.3. The molecular weight excluding hydrogens is 384 g/mol. The predicted molar refractivity (Wildman–Crippen MR) is 137 cm³/mol. The summed E-state index contributed by atoms with van der Waals surface area (Å²) < 4.78 is 0. The Morgan fingerprint density at radius 3 is 1.59 bits per heavy atom. The average molecular weight is 413 g/mol. The first kappa shape index (κ1) is 18.5. The van der Waals surface area contributed by atoms with Crippen molar-refractivity contribution in [2.75, 3.05) is 0 Å². The van der Waals surface area contributed by atoms with Gasteiger partial charge in [0.15, 0.2) is 0 Å². The molecule has 3 aliphatic rings. The largest absolute Gasteiger partial charge is 0.0795 e. The Bertz CT molecular complexity index is 1340.